The van der Waals surface area contributed by atoms with Crippen LogP contribution in [0.4, 0.5) is 0 Å². The summed E-state index contributed by atoms with van der Waals surface area (Å²) in [6.45, 7) is 4.25. The van der Waals surface area contributed by atoms with Crippen molar-refractivity contribution in [1.29, 1.82) is 0 Å². The molecule has 70 heavy (non-hydrogen) atoms. The number of nitrogens with one attached hydrogen (secondary N) is 1. The summed E-state index contributed by atoms with van der Waals surface area (Å²) in [6.07, 6.45) is 90.8. The van der Waals surface area contributed by atoms with Crippen molar-refractivity contribution in [2.24, 2.45) is 0 Å². The zero-order chi connectivity index (χ0) is 50.6. The molecule has 1 amide bonds. The molecule has 402 valence electrons. The third-order valence-electron chi connectivity index (χ3n) is 13.3. The first-order valence-corrected chi connectivity index (χ1v) is 30.1. The molecule has 0 saturated heterocycles. The van der Waals surface area contributed by atoms with E-state index in [1.54, 1.807) is 0 Å². The standard InChI is InChI=1S/C66H115NO3/c1-3-5-7-9-11-13-15-17-19-21-22-23-24-25-26-27-28-29-30-31-32-33-34-35-36-37-38-39-40-41-42-43-44-46-48-50-52-54-56-58-60-62-66(70)67-64(63-68)65(69)61-59-57-55-53-51-49-47-45-20-18-16-14-12-10-8-6-4-2/h5,7,11,13,17,19,22-23,25-26,28-29,31-32,34-35,37-38,64-65,68-69H,3-4,6,8-10,12,14-16,18,20-21,24,27,30,33,36,39-63H2,1-2H3,(H,67,70)/b7-5-,13-11-,19-17-,23-22-,26-25-,29-28-,32-31-,35-34-,38-37-. The molecule has 0 saturated carbocycles. The predicted molar refractivity (Wildman–Crippen MR) is 313 cm³/mol. The lowest BCUT2D eigenvalue weighted by molar-refractivity contribution is -0.123. The monoisotopic (exact) mass is 970 g/mol. The number of carbonyl (C=O) groups excluding carboxylic acids is 1. The fraction of sp³-hybridized carbons (Fsp3) is 0.712. The highest BCUT2D eigenvalue weighted by Crippen LogP contribution is 2.17. The Balaban J connectivity index is 3.53. The van der Waals surface area contributed by atoms with Crippen LogP contribution < -0.4 is 5.32 Å². The van der Waals surface area contributed by atoms with E-state index < -0.39 is 12.1 Å². The molecule has 0 aliphatic heterocycles. The lowest BCUT2D eigenvalue weighted by atomic mass is 10.0. The molecule has 0 aromatic carbocycles. The number of hydrogen-bond donors (Lipinski definition) is 3. The van der Waals surface area contributed by atoms with Crippen LogP contribution in [0.15, 0.2) is 109 Å². The predicted octanol–water partition coefficient (Wildman–Crippen LogP) is 20.3. The number of aliphatic hydroxyl groups is 2. The van der Waals surface area contributed by atoms with Crippen LogP contribution in [0.3, 0.4) is 0 Å². The largest absolute Gasteiger partial charge is 0.394 e. The van der Waals surface area contributed by atoms with Crippen molar-refractivity contribution in [3.05, 3.63) is 109 Å². The molecule has 0 spiro atoms. The molecule has 0 aliphatic carbocycles. The highest BCUT2D eigenvalue weighted by atomic mass is 16.3. The van der Waals surface area contributed by atoms with Crippen molar-refractivity contribution >= 4 is 5.91 Å². The van der Waals surface area contributed by atoms with Crippen molar-refractivity contribution in [2.75, 3.05) is 6.61 Å². The molecule has 0 fully saturated rings. The molecule has 0 aromatic rings. The molecule has 0 radical (unpaired) electrons. The summed E-state index contributed by atoms with van der Waals surface area (Å²) < 4.78 is 0. The van der Waals surface area contributed by atoms with Crippen LogP contribution in [-0.2, 0) is 4.79 Å². The third kappa shape index (κ3) is 56.0. The number of hydrogen-bond acceptors (Lipinski definition) is 3. The van der Waals surface area contributed by atoms with Crippen molar-refractivity contribution in [2.45, 2.75) is 296 Å². The number of aliphatic hydroxyl groups excluding tert-OH is 2. The molecule has 2 unspecified atom stereocenters. The number of carbonyl (C=O) groups is 1. The van der Waals surface area contributed by atoms with Crippen molar-refractivity contribution in [3.63, 3.8) is 0 Å². The van der Waals surface area contributed by atoms with Gasteiger partial charge in [-0.2, -0.15) is 0 Å². The maximum absolute atomic E-state index is 12.5. The lowest BCUT2D eigenvalue weighted by Gasteiger charge is -2.22. The van der Waals surface area contributed by atoms with E-state index in [1.165, 1.54) is 173 Å². The molecule has 0 bridgehead atoms. The Morgan fingerprint density at radius 1 is 0.357 bits per heavy atom. The van der Waals surface area contributed by atoms with Gasteiger partial charge in [0.15, 0.2) is 0 Å². The van der Waals surface area contributed by atoms with Crippen LogP contribution >= 0.6 is 0 Å². The van der Waals surface area contributed by atoms with Crippen molar-refractivity contribution in [3.8, 4) is 0 Å². The van der Waals surface area contributed by atoms with Gasteiger partial charge in [0.25, 0.3) is 0 Å². The average molecular weight is 971 g/mol. The Labute approximate surface area is 436 Å². The van der Waals surface area contributed by atoms with E-state index in [4.69, 9.17) is 0 Å². The first kappa shape index (κ1) is 67.0. The van der Waals surface area contributed by atoms with Crippen LogP contribution in [0.2, 0.25) is 0 Å². The Morgan fingerprint density at radius 3 is 0.943 bits per heavy atom. The van der Waals surface area contributed by atoms with E-state index >= 15 is 0 Å². The Kier molecular flexibility index (Phi) is 57.8. The zero-order valence-corrected chi connectivity index (χ0v) is 46.3. The van der Waals surface area contributed by atoms with Crippen LogP contribution in [0.25, 0.3) is 0 Å². The van der Waals surface area contributed by atoms with Crippen LogP contribution in [0.1, 0.15) is 284 Å². The Hall–Kier alpha value is -2.95. The molecule has 0 aromatic heterocycles. The molecular weight excluding hydrogens is 855 g/mol. The van der Waals surface area contributed by atoms with Gasteiger partial charge in [-0.3, -0.25) is 4.79 Å². The molecule has 0 aliphatic rings. The summed E-state index contributed by atoms with van der Waals surface area (Å²) in [7, 11) is 0. The van der Waals surface area contributed by atoms with Gasteiger partial charge in [0.2, 0.25) is 5.91 Å². The topological polar surface area (TPSA) is 69.6 Å². The molecule has 2 atom stereocenters. The van der Waals surface area contributed by atoms with E-state index in [1.807, 2.05) is 0 Å². The third-order valence-corrected chi connectivity index (χ3v) is 13.3. The number of unbranched alkanes of at least 4 members (excludes halogenated alkanes) is 29. The van der Waals surface area contributed by atoms with Gasteiger partial charge in [0, 0.05) is 6.42 Å². The second kappa shape index (κ2) is 60.4. The first-order chi connectivity index (χ1) is 34.7. The van der Waals surface area contributed by atoms with E-state index in [-0.39, 0.29) is 12.5 Å². The lowest BCUT2D eigenvalue weighted by Crippen LogP contribution is -2.45. The summed E-state index contributed by atoms with van der Waals surface area (Å²) in [6, 6.07) is -0.542. The highest BCUT2D eigenvalue weighted by molar-refractivity contribution is 5.76. The van der Waals surface area contributed by atoms with Crippen molar-refractivity contribution < 1.29 is 15.0 Å². The molecule has 0 rings (SSSR count). The van der Waals surface area contributed by atoms with Gasteiger partial charge in [-0.15, -0.1) is 0 Å². The van der Waals surface area contributed by atoms with Gasteiger partial charge >= 0.3 is 0 Å². The van der Waals surface area contributed by atoms with E-state index in [0.29, 0.717) is 12.8 Å². The fourth-order valence-corrected chi connectivity index (χ4v) is 8.77. The quantitative estimate of drug-likeness (QED) is 0.0420. The maximum Gasteiger partial charge on any atom is 0.220 e. The van der Waals surface area contributed by atoms with Gasteiger partial charge in [-0.05, 0) is 83.5 Å². The minimum Gasteiger partial charge on any atom is -0.394 e. The second-order valence-corrected chi connectivity index (χ2v) is 20.0. The van der Waals surface area contributed by atoms with Crippen LogP contribution in [0, 0.1) is 0 Å². The summed E-state index contributed by atoms with van der Waals surface area (Å²) in [5.41, 5.74) is 0. The van der Waals surface area contributed by atoms with Gasteiger partial charge in [-0.1, -0.05) is 303 Å². The second-order valence-electron chi connectivity index (χ2n) is 20.0. The first-order valence-electron chi connectivity index (χ1n) is 30.1. The van der Waals surface area contributed by atoms with Crippen molar-refractivity contribution in [1.82, 2.24) is 5.32 Å². The molecule has 4 nitrogen and oxygen atoms in total. The zero-order valence-electron chi connectivity index (χ0n) is 46.3. The molecule has 4 heteroatoms. The Bertz CT molecular complexity index is 1330. The van der Waals surface area contributed by atoms with Crippen LogP contribution in [-0.4, -0.2) is 34.9 Å². The minimum atomic E-state index is -0.665. The van der Waals surface area contributed by atoms with Gasteiger partial charge in [0.05, 0.1) is 18.8 Å². The van der Waals surface area contributed by atoms with E-state index in [2.05, 4.69) is 129 Å². The smallest absolute Gasteiger partial charge is 0.220 e. The normalized spacial score (nSPS) is 13.6. The minimum absolute atomic E-state index is 0.0341. The molecule has 3 N–H and O–H groups in total. The van der Waals surface area contributed by atoms with E-state index in [9.17, 15) is 15.0 Å². The fourth-order valence-electron chi connectivity index (χ4n) is 8.77. The summed E-state index contributed by atoms with van der Waals surface area (Å²) in [5, 5.41) is 23.3. The van der Waals surface area contributed by atoms with E-state index in [0.717, 1.165) is 83.5 Å². The van der Waals surface area contributed by atoms with Gasteiger partial charge in [0.1, 0.15) is 0 Å². The van der Waals surface area contributed by atoms with Gasteiger partial charge < -0.3 is 15.5 Å². The number of allylic oxidation sites excluding steroid dienone is 18. The highest BCUT2D eigenvalue weighted by Gasteiger charge is 2.20. The summed E-state index contributed by atoms with van der Waals surface area (Å²) in [4.78, 5) is 12.5. The SMILES string of the molecule is CC/C=C\C/C=C\C/C=C\C/C=C\C/C=C\C/C=C\C/C=C\C/C=C\C/C=C\CCCCCCCCCCCCCCCC(=O)NC(CO)C(O)CCCCCCCCCCCCCCCCCCC. The Morgan fingerprint density at radius 2 is 0.629 bits per heavy atom. The molecule has 0 heterocycles. The number of amides is 1. The summed E-state index contributed by atoms with van der Waals surface area (Å²) in [5.74, 6) is -0.0341. The average Bonchev–Trinajstić information content (AvgIpc) is 3.36. The van der Waals surface area contributed by atoms with Crippen LogP contribution in [0.5, 0.6) is 0 Å². The molecular formula is C66H115NO3. The summed E-state index contributed by atoms with van der Waals surface area (Å²) >= 11 is 0. The maximum atomic E-state index is 12.5. The van der Waals surface area contributed by atoms with Gasteiger partial charge in [-0.25, -0.2) is 0 Å². The number of rotatable bonds is 54.